The second-order valence-electron chi connectivity index (χ2n) is 10.6. The van der Waals surface area contributed by atoms with E-state index >= 15 is 4.39 Å². The first-order valence-electron chi connectivity index (χ1n) is 13.6. The Labute approximate surface area is 252 Å². The minimum absolute atomic E-state index is 0.0356. The molecule has 3 heterocycles. The molecule has 5 rings (SSSR count). The zero-order valence-electron chi connectivity index (χ0n) is 24.5. The van der Waals surface area contributed by atoms with Gasteiger partial charge in [-0.25, -0.2) is 35.8 Å². The van der Waals surface area contributed by atoms with Crippen molar-refractivity contribution in [3.8, 4) is 22.7 Å². The standard InChI is InChI=1S/C30H30F2N6O5S/c1-6-24(40)36-13-14-37(18(3)16-36)28-19-15-21(32)26(25-20(31)10-8-11-22(25)39)33-29(19)38(30(41)34-28)27-17(2)9-7-12-23(27)44(42,43)35(4)5/h6-12,15,18,39H,1,13-14,16H2,2-5H3/t18-/m0/s1. The number of aromatic hydroxyl groups is 1. The van der Waals surface area contributed by atoms with E-state index in [1.807, 2.05) is 0 Å². The van der Waals surface area contributed by atoms with Gasteiger partial charge in [-0.05, 0) is 49.8 Å². The van der Waals surface area contributed by atoms with Crippen molar-refractivity contribution in [1.29, 1.82) is 0 Å². The number of hydrogen-bond donors (Lipinski definition) is 1. The summed E-state index contributed by atoms with van der Waals surface area (Å²) in [7, 11) is -1.43. The van der Waals surface area contributed by atoms with Gasteiger partial charge in [0.25, 0.3) is 0 Å². The summed E-state index contributed by atoms with van der Waals surface area (Å²) in [6.45, 7) is 7.69. The number of nitrogens with zero attached hydrogens (tertiary/aromatic N) is 6. The van der Waals surface area contributed by atoms with E-state index in [2.05, 4.69) is 16.5 Å². The first kappa shape index (κ1) is 30.8. The van der Waals surface area contributed by atoms with Gasteiger partial charge in [-0.15, -0.1) is 0 Å². The van der Waals surface area contributed by atoms with Crippen LogP contribution in [0.25, 0.3) is 28.0 Å². The second kappa shape index (κ2) is 11.4. The Morgan fingerprint density at radius 1 is 1.11 bits per heavy atom. The molecule has 2 aromatic carbocycles. The Hall–Kier alpha value is -4.69. The van der Waals surface area contributed by atoms with Crippen LogP contribution in [0.15, 0.2) is 64.8 Å². The van der Waals surface area contributed by atoms with Crippen molar-refractivity contribution in [2.24, 2.45) is 0 Å². The molecule has 1 saturated heterocycles. The van der Waals surface area contributed by atoms with Crippen LogP contribution in [-0.4, -0.2) is 82.9 Å². The minimum atomic E-state index is -4.12. The Morgan fingerprint density at radius 2 is 1.82 bits per heavy atom. The number of phenolic OH excluding ortho intramolecular Hbond substituents is 1. The summed E-state index contributed by atoms with van der Waals surface area (Å²) < 4.78 is 59.6. The van der Waals surface area contributed by atoms with E-state index in [0.717, 1.165) is 21.0 Å². The number of piperazine rings is 1. The summed E-state index contributed by atoms with van der Waals surface area (Å²) in [6.07, 6.45) is 1.21. The van der Waals surface area contributed by atoms with E-state index in [9.17, 15) is 27.5 Å². The van der Waals surface area contributed by atoms with Crippen LogP contribution in [0.1, 0.15) is 12.5 Å². The largest absolute Gasteiger partial charge is 0.507 e. The molecule has 1 atom stereocenters. The average molecular weight is 625 g/mol. The van der Waals surface area contributed by atoms with Gasteiger partial charge in [0.15, 0.2) is 11.5 Å². The van der Waals surface area contributed by atoms with Crippen LogP contribution in [-0.2, 0) is 14.8 Å². The predicted octanol–water partition coefficient (Wildman–Crippen LogP) is 3.21. The summed E-state index contributed by atoms with van der Waals surface area (Å²) in [5.41, 5.74) is -1.93. The smallest absolute Gasteiger partial charge is 0.355 e. The fraction of sp³-hybridized carbons (Fsp3) is 0.267. The Bertz CT molecular complexity index is 1980. The Kier molecular flexibility index (Phi) is 7.99. The molecule has 1 amide bonds. The van der Waals surface area contributed by atoms with Crippen LogP contribution in [0.2, 0.25) is 0 Å². The van der Waals surface area contributed by atoms with Crippen LogP contribution in [0.5, 0.6) is 5.75 Å². The van der Waals surface area contributed by atoms with Crippen molar-refractivity contribution < 1.29 is 27.1 Å². The molecule has 1 fully saturated rings. The van der Waals surface area contributed by atoms with Crippen molar-refractivity contribution in [2.75, 3.05) is 38.6 Å². The number of fused-ring (bicyclic) bond motifs is 1. The number of rotatable bonds is 6. The number of aromatic nitrogens is 3. The number of anilines is 1. The maximum Gasteiger partial charge on any atom is 0.355 e. The first-order valence-corrected chi connectivity index (χ1v) is 15.0. The topological polar surface area (TPSA) is 129 Å². The van der Waals surface area contributed by atoms with E-state index in [1.165, 1.54) is 44.4 Å². The van der Waals surface area contributed by atoms with Crippen LogP contribution in [0, 0.1) is 18.6 Å². The van der Waals surface area contributed by atoms with E-state index in [0.29, 0.717) is 5.56 Å². The molecule has 0 saturated carbocycles. The third kappa shape index (κ3) is 5.09. The van der Waals surface area contributed by atoms with Crippen molar-refractivity contribution in [2.45, 2.75) is 24.8 Å². The number of carbonyl (C=O) groups is 1. The molecule has 44 heavy (non-hydrogen) atoms. The van der Waals surface area contributed by atoms with Gasteiger partial charge in [0.05, 0.1) is 16.6 Å². The van der Waals surface area contributed by atoms with Gasteiger partial charge in [-0.1, -0.05) is 24.8 Å². The number of aryl methyl sites for hydroxylation is 1. The molecule has 0 aliphatic carbocycles. The molecule has 230 valence electrons. The third-order valence-corrected chi connectivity index (χ3v) is 9.45. The zero-order valence-corrected chi connectivity index (χ0v) is 25.3. The zero-order chi connectivity index (χ0) is 32.1. The lowest BCUT2D eigenvalue weighted by Gasteiger charge is -2.40. The van der Waals surface area contributed by atoms with Crippen molar-refractivity contribution in [1.82, 2.24) is 23.7 Å². The van der Waals surface area contributed by atoms with Crippen LogP contribution in [0.3, 0.4) is 0 Å². The normalized spacial score (nSPS) is 15.7. The van der Waals surface area contributed by atoms with Gasteiger partial charge in [0.2, 0.25) is 15.9 Å². The van der Waals surface area contributed by atoms with Gasteiger partial charge in [-0.3, -0.25) is 4.79 Å². The third-order valence-electron chi connectivity index (χ3n) is 7.60. The van der Waals surface area contributed by atoms with E-state index in [1.54, 1.807) is 29.7 Å². The number of halogens is 2. The maximum absolute atomic E-state index is 15.9. The number of phenols is 1. The molecule has 1 aliphatic heterocycles. The molecule has 0 unspecified atom stereocenters. The summed E-state index contributed by atoms with van der Waals surface area (Å²) in [4.78, 5) is 38.0. The number of amides is 1. The van der Waals surface area contributed by atoms with Crippen molar-refractivity contribution in [3.63, 3.8) is 0 Å². The molecule has 11 nitrogen and oxygen atoms in total. The SMILES string of the molecule is C=CC(=O)N1CCN(c2nc(=O)n(-c3c(C)cccc3S(=O)(=O)N(C)C)c3nc(-c4c(O)cccc4F)c(F)cc23)[C@@H](C)C1. The van der Waals surface area contributed by atoms with Crippen molar-refractivity contribution >= 4 is 32.8 Å². The Morgan fingerprint density at radius 3 is 2.45 bits per heavy atom. The molecule has 0 spiro atoms. The second-order valence-corrected chi connectivity index (χ2v) is 12.7. The minimum Gasteiger partial charge on any atom is -0.507 e. The molecule has 0 radical (unpaired) electrons. The van der Waals surface area contributed by atoms with Crippen molar-refractivity contribution in [3.05, 3.63) is 82.8 Å². The highest BCUT2D eigenvalue weighted by Crippen LogP contribution is 2.37. The summed E-state index contributed by atoms with van der Waals surface area (Å²) in [5, 5.41) is 10.5. The van der Waals surface area contributed by atoms with E-state index in [4.69, 9.17) is 0 Å². The summed E-state index contributed by atoms with van der Waals surface area (Å²) in [5.74, 6) is -2.75. The molecular formula is C30H30F2N6O5S. The van der Waals surface area contributed by atoms with E-state index < -0.39 is 44.4 Å². The maximum atomic E-state index is 15.9. The van der Waals surface area contributed by atoms with Gasteiger partial charge in [0, 0.05) is 39.8 Å². The Balaban J connectivity index is 1.87. The molecule has 14 heteroatoms. The number of carbonyl (C=O) groups excluding carboxylic acids is 1. The molecular weight excluding hydrogens is 594 g/mol. The number of sulfonamides is 1. The average Bonchev–Trinajstić information content (AvgIpc) is 2.97. The number of benzene rings is 2. The molecule has 1 aliphatic rings. The number of para-hydroxylation sites is 1. The number of hydrogen-bond acceptors (Lipinski definition) is 8. The molecule has 2 aromatic heterocycles. The van der Waals surface area contributed by atoms with Gasteiger partial charge >= 0.3 is 5.69 Å². The lowest BCUT2D eigenvalue weighted by Crippen LogP contribution is -2.54. The highest BCUT2D eigenvalue weighted by Gasteiger charge is 2.32. The van der Waals surface area contributed by atoms with Gasteiger partial charge < -0.3 is 14.9 Å². The van der Waals surface area contributed by atoms with Gasteiger partial charge in [-0.2, -0.15) is 4.98 Å². The van der Waals surface area contributed by atoms with Crippen LogP contribution < -0.4 is 10.6 Å². The monoisotopic (exact) mass is 624 g/mol. The van der Waals surface area contributed by atoms with Crippen LogP contribution >= 0.6 is 0 Å². The fourth-order valence-electron chi connectivity index (χ4n) is 5.37. The predicted molar refractivity (Wildman–Crippen MR) is 161 cm³/mol. The van der Waals surface area contributed by atoms with Gasteiger partial charge in [0.1, 0.15) is 28.0 Å². The molecule has 1 N–H and O–H groups in total. The summed E-state index contributed by atoms with van der Waals surface area (Å²) in [6, 6.07) is 8.55. The molecule has 4 aromatic rings. The fourth-order valence-corrected chi connectivity index (χ4v) is 6.51. The lowest BCUT2D eigenvalue weighted by atomic mass is 10.1. The summed E-state index contributed by atoms with van der Waals surface area (Å²) >= 11 is 0. The molecule has 0 bridgehead atoms. The number of pyridine rings is 1. The highest BCUT2D eigenvalue weighted by atomic mass is 32.2. The van der Waals surface area contributed by atoms with E-state index in [-0.39, 0.29) is 59.0 Å². The first-order chi connectivity index (χ1) is 20.8. The highest BCUT2D eigenvalue weighted by molar-refractivity contribution is 7.89. The quantitative estimate of drug-likeness (QED) is 0.324. The lowest BCUT2D eigenvalue weighted by molar-refractivity contribution is -0.126. The van der Waals surface area contributed by atoms with Crippen LogP contribution in [0.4, 0.5) is 14.6 Å².